The molecule has 0 atom stereocenters. The first-order chi connectivity index (χ1) is 13.7. The monoisotopic (exact) mass is 421 g/mol. The molecule has 0 spiro atoms. The number of carbonyl (C=O) groups is 1. The Labute approximate surface area is 169 Å². The number of methoxy groups -OCH3 is 1. The van der Waals surface area contributed by atoms with Crippen LogP contribution >= 0.6 is 0 Å². The molecule has 156 valence electrons. The molecule has 1 amide bonds. The maximum Gasteiger partial charge on any atom is 0.273 e. The number of nitro benzene ring substituents is 1. The molecular formula is C19H23N3O6S. The molecule has 0 saturated heterocycles. The van der Waals surface area contributed by atoms with Gasteiger partial charge >= 0.3 is 0 Å². The van der Waals surface area contributed by atoms with E-state index in [4.69, 9.17) is 4.74 Å². The van der Waals surface area contributed by atoms with Gasteiger partial charge < -0.3 is 10.1 Å². The highest BCUT2D eigenvalue weighted by Crippen LogP contribution is 2.26. The molecule has 0 aliphatic rings. The van der Waals surface area contributed by atoms with Crippen molar-refractivity contribution < 1.29 is 22.9 Å². The first-order valence-corrected chi connectivity index (χ1v) is 10.3. The van der Waals surface area contributed by atoms with Crippen LogP contribution in [0.2, 0.25) is 0 Å². The van der Waals surface area contributed by atoms with Gasteiger partial charge in [0.15, 0.2) is 0 Å². The van der Waals surface area contributed by atoms with Crippen LogP contribution in [-0.2, 0) is 14.8 Å². The molecule has 0 heterocycles. The van der Waals surface area contributed by atoms with Crippen molar-refractivity contribution in [3.63, 3.8) is 0 Å². The molecule has 2 aromatic carbocycles. The number of carbonyl (C=O) groups excluding carboxylic acids is 1. The van der Waals surface area contributed by atoms with Gasteiger partial charge in [0.25, 0.3) is 5.69 Å². The second kappa shape index (κ2) is 9.48. The van der Waals surface area contributed by atoms with Crippen molar-refractivity contribution in [2.75, 3.05) is 25.5 Å². The summed E-state index contributed by atoms with van der Waals surface area (Å²) in [5.74, 6) is -0.104. The predicted molar refractivity (Wildman–Crippen MR) is 109 cm³/mol. The molecule has 0 bridgehead atoms. The lowest BCUT2D eigenvalue weighted by Crippen LogP contribution is -2.38. The fraction of sp³-hybridized carbons (Fsp3) is 0.316. The first kappa shape index (κ1) is 22.3. The number of sulfonamides is 1. The van der Waals surface area contributed by atoms with Crippen molar-refractivity contribution in [2.45, 2.75) is 25.2 Å². The van der Waals surface area contributed by atoms with Crippen LogP contribution in [0.15, 0.2) is 47.4 Å². The molecule has 2 aromatic rings. The van der Waals surface area contributed by atoms with Crippen molar-refractivity contribution in [1.82, 2.24) is 4.31 Å². The number of ether oxygens (including phenoxy) is 1. The van der Waals surface area contributed by atoms with Gasteiger partial charge in [-0.1, -0.05) is 25.1 Å². The zero-order valence-corrected chi connectivity index (χ0v) is 17.2. The zero-order valence-electron chi connectivity index (χ0n) is 16.4. The van der Waals surface area contributed by atoms with E-state index in [-0.39, 0.29) is 17.1 Å². The number of nitro groups is 1. The third-order valence-corrected chi connectivity index (χ3v) is 6.03. The van der Waals surface area contributed by atoms with Crippen molar-refractivity contribution in [3.05, 3.63) is 58.1 Å². The van der Waals surface area contributed by atoms with Crippen LogP contribution in [0.4, 0.5) is 11.4 Å². The Morgan fingerprint density at radius 1 is 1.24 bits per heavy atom. The summed E-state index contributed by atoms with van der Waals surface area (Å²) in [4.78, 5) is 22.8. The van der Waals surface area contributed by atoms with E-state index in [1.807, 2.05) is 0 Å². The highest BCUT2D eigenvalue weighted by molar-refractivity contribution is 7.89. The number of benzene rings is 2. The van der Waals surface area contributed by atoms with E-state index in [0.717, 1.165) is 10.4 Å². The Bertz CT molecular complexity index is 1010. The fourth-order valence-electron chi connectivity index (χ4n) is 2.73. The number of amides is 1. The first-order valence-electron chi connectivity index (χ1n) is 8.88. The molecule has 0 aromatic heterocycles. The van der Waals surface area contributed by atoms with E-state index < -0.39 is 27.4 Å². The molecule has 0 aliphatic heterocycles. The zero-order chi connectivity index (χ0) is 21.6. The summed E-state index contributed by atoms with van der Waals surface area (Å²) in [7, 11) is -2.64. The second-order valence-corrected chi connectivity index (χ2v) is 8.23. The summed E-state index contributed by atoms with van der Waals surface area (Å²) >= 11 is 0. The summed E-state index contributed by atoms with van der Waals surface area (Å²) in [5.41, 5.74) is 0.478. The molecule has 2 rings (SSSR count). The minimum atomic E-state index is -4.10. The normalized spacial score (nSPS) is 11.3. The smallest absolute Gasteiger partial charge is 0.273 e. The molecule has 10 heteroatoms. The van der Waals surface area contributed by atoms with E-state index >= 15 is 0 Å². The largest absolute Gasteiger partial charge is 0.495 e. The number of aryl methyl sites for hydroxylation is 1. The van der Waals surface area contributed by atoms with E-state index in [2.05, 4.69) is 5.32 Å². The van der Waals surface area contributed by atoms with E-state index in [1.165, 1.54) is 26.2 Å². The lowest BCUT2D eigenvalue weighted by molar-refractivity contribution is -0.385. The van der Waals surface area contributed by atoms with E-state index in [1.54, 1.807) is 31.2 Å². The molecule has 0 saturated carbocycles. The maximum atomic E-state index is 13.0. The number of nitrogens with one attached hydrogen (secondary N) is 1. The highest BCUT2D eigenvalue weighted by Gasteiger charge is 2.28. The Kier molecular flexibility index (Phi) is 7.29. The summed E-state index contributed by atoms with van der Waals surface area (Å²) in [6.45, 7) is 2.95. The van der Waals surface area contributed by atoms with Gasteiger partial charge in [0, 0.05) is 18.2 Å². The molecular weight excluding hydrogens is 398 g/mol. The second-order valence-electron chi connectivity index (χ2n) is 6.29. The number of nitrogens with zero attached hydrogens (tertiary/aromatic N) is 2. The standard InChI is InChI=1S/C19H23N3O6S/c1-4-11-21(13-19(23)20-16-7-5-6-8-18(16)28-3)29(26,27)15-10-9-14(2)17(12-15)22(24)25/h5-10,12H,4,11,13H2,1-3H3,(H,20,23). The third kappa shape index (κ3) is 5.30. The van der Waals surface area contributed by atoms with Gasteiger partial charge in [-0.15, -0.1) is 0 Å². The molecule has 0 unspecified atom stereocenters. The van der Waals surface area contributed by atoms with Gasteiger partial charge in [-0.05, 0) is 31.5 Å². The Morgan fingerprint density at radius 3 is 2.55 bits per heavy atom. The molecule has 1 N–H and O–H groups in total. The summed E-state index contributed by atoms with van der Waals surface area (Å²) in [6, 6.07) is 10.5. The van der Waals surface area contributed by atoms with Crippen molar-refractivity contribution >= 4 is 27.3 Å². The van der Waals surface area contributed by atoms with Crippen LogP contribution in [-0.4, -0.2) is 43.8 Å². The SMILES string of the molecule is CCCN(CC(=O)Nc1ccccc1OC)S(=O)(=O)c1ccc(C)c([N+](=O)[O-])c1. The topological polar surface area (TPSA) is 119 Å². The molecule has 9 nitrogen and oxygen atoms in total. The highest BCUT2D eigenvalue weighted by atomic mass is 32.2. The lowest BCUT2D eigenvalue weighted by atomic mass is 10.2. The van der Waals surface area contributed by atoms with Crippen molar-refractivity contribution in [1.29, 1.82) is 0 Å². The summed E-state index contributed by atoms with van der Waals surface area (Å²) in [6.07, 6.45) is 0.467. The maximum absolute atomic E-state index is 13.0. The number of para-hydroxylation sites is 2. The predicted octanol–water partition coefficient (Wildman–Crippen LogP) is 2.95. The quantitative estimate of drug-likeness (QED) is 0.491. The number of anilines is 1. The van der Waals surface area contributed by atoms with Crippen LogP contribution in [0, 0.1) is 17.0 Å². The molecule has 0 radical (unpaired) electrons. The van der Waals surface area contributed by atoms with Crippen molar-refractivity contribution in [3.8, 4) is 5.75 Å². The third-order valence-electron chi connectivity index (χ3n) is 4.19. The van der Waals surface area contributed by atoms with Crippen LogP contribution in [0.3, 0.4) is 0 Å². The van der Waals surface area contributed by atoms with Gasteiger partial charge in [0.1, 0.15) is 5.75 Å². The molecule has 0 aliphatic carbocycles. The van der Waals surface area contributed by atoms with Crippen LogP contribution in [0.1, 0.15) is 18.9 Å². The minimum Gasteiger partial charge on any atom is -0.495 e. The number of hydrogen-bond acceptors (Lipinski definition) is 6. The van der Waals surface area contributed by atoms with Gasteiger partial charge in [0.2, 0.25) is 15.9 Å². The Hall–Kier alpha value is -2.98. The Balaban J connectivity index is 2.29. The van der Waals surface area contributed by atoms with Gasteiger partial charge in [-0.2, -0.15) is 4.31 Å². The fourth-order valence-corrected chi connectivity index (χ4v) is 4.24. The minimum absolute atomic E-state index is 0.0867. The number of rotatable bonds is 9. The van der Waals surface area contributed by atoms with Crippen LogP contribution in [0.5, 0.6) is 5.75 Å². The lowest BCUT2D eigenvalue weighted by Gasteiger charge is -2.21. The molecule has 29 heavy (non-hydrogen) atoms. The Morgan fingerprint density at radius 2 is 1.93 bits per heavy atom. The van der Waals surface area contributed by atoms with Gasteiger partial charge in [-0.25, -0.2) is 8.42 Å². The van der Waals surface area contributed by atoms with E-state index in [9.17, 15) is 23.3 Å². The van der Waals surface area contributed by atoms with Crippen molar-refractivity contribution in [2.24, 2.45) is 0 Å². The summed E-state index contributed by atoms with van der Waals surface area (Å²) in [5, 5.41) is 13.8. The summed E-state index contributed by atoms with van der Waals surface area (Å²) < 4.78 is 32.2. The van der Waals surface area contributed by atoms with E-state index in [0.29, 0.717) is 23.4 Å². The average molecular weight is 421 g/mol. The van der Waals surface area contributed by atoms with Gasteiger partial charge in [0.05, 0.1) is 29.2 Å². The van der Waals surface area contributed by atoms with Crippen LogP contribution in [0.25, 0.3) is 0 Å². The van der Waals surface area contributed by atoms with Crippen LogP contribution < -0.4 is 10.1 Å². The van der Waals surface area contributed by atoms with Gasteiger partial charge in [-0.3, -0.25) is 14.9 Å². The molecule has 0 fully saturated rings. The number of hydrogen-bond donors (Lipinski definition) is 1. The average Bonchev–Trinajstić information content (AvgIpc) is 2.68.